The van der Waals surface area contributed by atoms with Crippen molar-refractivity contribution in [2.24, 2.45) is 7.05 Å². The molecular weight excluding hydrogens is 238 g/mol. The van der Waals surface area contributed by atoms with Gasteiger partial charge in [0.25, 0.3) is 5.56 Å². The van der Waals surface area contributed by atoms with Gasteiger partial charge in [-0.1, -0.05) is 39.0 Å². The molecule has 0 radical (unpaired) electrons. The highest BCUT2D eigenvalue weighted by Crippen LogP contribution is 2.27. The minimum atomic E-state index is -0.175. The largest absolute Gasteiger partial charge is 0.393 e. The Hall–Kier alpha value is -1.97. The van der Waals surface area contributed by atoms with Gasteiger partial charge in [0.05, 0.1) is 11.4 Å². The molecule has 2 rings (SSSR count). The maximum atomic E-state index is 12.4. The number of nitrogens with two attached hydrogens (primary N) is 1. The lowest BCUT2D eigenvalue weighted by atomic mass is 9.91. The van der Waals surface area contributed by atoms with Crippen LogP contribution in [0.15, 0.2) is 29.1 Å². The number of benzene rings is 1. The van der Waals surface area contributed by atoms with Gasteiger partial charge < -0.3 is 5.73 Å². The molecule has 2 aromatic rings. The number of anilines is 1. The number of aryl methyl sites for hydroxylation is 1. The summed E-state index contributed by atoms with van der Waals surface area (Å²) in [6.07, 6.45) is 0. The highest BCUT2D eigenvalue weighted by Gasteiger charge is 2.26. The topological polar surface area (TPSA) is 52.9 Å². The van der Waals surface area contributed by atoms with Crippen molar-refractivity contribution >= 4 is 5.69 Å². The molecule has 1 aromatic heterocycles. The molecule has 0 spiro atoms. The second-order valence-electron chi connectivity index (χ2n) is 5.94. The van der Waals surface area contributed by atoms with Crippen molar-refractivity contribution in [3.05, 3.63) is 45.9 Å². The molecule has 4 heteroatoms. The highest BCUT2D eigenvalue weighted by molar-refractivity contribution is 5.50. The molecule has 1 heterocycles. The van der Waals surface area contributed by atoms with Crippen LogP contribution in [0.3, 0.4) is 0 Å². The van der Waals surface area contributed by atoms with E-state index in [1.165, 1.54) is 0 Å². The molecule has 0 saturated heterocycles. The summed E-state index contributed by atoms with van der Waals surface area (Å²) in [6.45, 7) is 8.16. The Balaban J connectivity index is 2.82. The SMILES string of the molecule is Cc1ccccc1-n1c(=O)c(N)c(C(C)(C)C)n1C. The first-order valence-electron chi connectivity index (χ1n) is 6.39. The third-order valence-corrected chi connectivity index (χ3v) is 3.36. The van der Waals surface area contributed by atoms with Crippen LogP contribution in [-0.4, -0.2) is 9.36 Å². The third-order valence-electron chi connectivity index (χ3n) is 3.36. The average molecular weight is 259 g/mol. The fraction of sp³-hybridized carbons (Fsp3) is 0.400. The summed E-state index contributed by atoms with van der Waals surface area (Å²) in [5, 5.41) is 0. The Morgan fingerprint density at radius 1 is 1.16 bits per heavy atom. The number of hydrogen-bond acceptors (Lipinski definition) is 2. The van der Waals surface area contributed by atoms with Crippen LogP contribution < -0.4 is 11.3 Å². The van der Waals surface area contributed by atoms with Crippen molar-refractivity contribution in [1.82, 2.24) is 9.36 Å². The molecule has 0 saturated carbocycles. The number of hydrogen-bond donors (Lipinski definition) is 1. The van der Waals surface area contributed by atoms with E-state index in [4.69, 9.17) is 5.73 Å². The fourth-order valence-corrected chi connectivity index (χ4v) is 2.59. The Bertz CT molecular complexity index is 672. The van der Waals surface area contributed by atoms with E-state index in [0.717, 1.165) is 16.9 Å². The molecular formula is C15H21N3O. The molecule has 0 aliphatic carbocycles. The molecule has 102 valence electrons. The van der Waals surface area contributed by atoms with Crippen molar-refractivity contribution in [3.63, 3.8) is 0 Å². The van der Waals surface area contributed by atoms with Gasteiger partial charge in [-0.05, 0) is 18.6 Å². The van der Waals surface area contributed by atoms with Crippen molar-refractivity contribution in [2.75, 3.05) is 5.73 Å². The molecule has 0 unspecified atom stereocenters. The quantitative estimate of drug-likeness (QED) is 0.854. The maximum Gasteiger partial charge on any atom is 0.294 e. The van der Waals surface area contributed by atoms with Gasteiger partial charge in [0, 0.05) is 12.5 Å². The number of rotatable bonds is 1. The summed E-state index contributed by atoms with van der Waals surface area (Å²) >= 11 is 0. The van der Waals surface area contributed by atoms with E-state index in [1.807, 2.05) is 42.9 Å². The molecule has 0 aliphatic rings. The Morgan fingerprint density at radius 3 is 2.21 bits per heavy atom. The standard InChI is InChI=1S/C15H21N3O/c1-10-8-6-7-9-11(10)18-14(19)12(16)13(17(18)5)15(2,3)4/h6-9H,16H2,1-5H3. The van der Waals surface area contributed by atoms with Gasteiger partial charge in [0.2, 0.25) is 0 Å². The third kappa shape index (κ3) is 2.07. The van der Waals surface area contributed by atoms with Crippen molar-refractivity contribution in [1.29, 1.82) is 0 Å². The van der Waals surface area contributed by atoms with Crippen molar-refractivity contribution < 1.29 is 0 Å². The van der Waals surface area contributed by atoms with Crippen LogP contribution in [0, 0.1) is 6.92 Å². The molecule has 19 heavy (non-hydrogen) atoms. The summed E-state index contributed by atoms with van der Waals surface area (Å²) in [5.74, 6) is 0. The van der Waals surface area contributed by atoms with E-state index in [2.05, 4.69) is 20.8 Å². The van der Waals surface area contributed by atoms with E-state index in [9.17, 15) is 4.79 Å². The fourth-order valence-electron chi connectivity index (χ4n) is 2.59. The Kier molecular flexibility index (Phi) is 3.04. The van der Waals surface area contributed by atoms with E-state index in [0.29, 0.717) is 5.69 Å². The van der Waals surface area contributed by atoms with Crippen LogP contribution >= 0.6 is 0 Å². The van der Waals surface area contributed by atoms with Gasteiger partial charge in [-0.2, -0.15) is 0 Å². The lowest BCUT2D eigenvalue weighted by Gasteiger charge is -2.21. The predicted octanol–water partition coefficient (Wildman–Crippen LogP) is 2.36. The zero-order valence-corrected chi connectivity index (χ0v) is 12.2. The second kappa shape index (κ2) is 4.30. The van der Waals surface area contributed by atoms with Crippen LogP contribution in [0.1, 0.15) is 32.0 Å². The van der Waals surface area contributed by atoms with E-state index < -0.39 is 0 Å². The molecule has 0 fully saturated rings. The van der Waals surface area contributed by atoms with Gasteiger partial charge in [-0.15, -0.1) is 0 Å². The number of nitrogens with zero attached hydrogens (tertiary/aromatic N) is 2. The number of nitrogen functional groups attached to an aromatic ring is 1. The monoisotopic (exact) mass is 259 g/mol. The van der Waals surface area contributed by atoms with Gasteiger partial charge in [-0.3, -0.25) is 9.48 Å². The van der Waals surface area contributed by atoms with E-state index >= 15 is 0 Å². The van der Waals surface area contributed by atoms with Crippen molar-refractivity contribution in [3.8, 4) is 5.69 Å². The smallest absolute Gasteiger partial charge is 0.294 e. The number of aromatic nitrogens is 2. The summed E-state index contributed by atoms with van der Waals surface area (Å²) in [7, 11) is 1.88. The van der Waals surface area contributed by atoms with Crippen LogP contribution in [0.25, 0.3) is 5.69 Å². The second-order valence-corrected chi connectivity index (χ2v) is 5.94. The van der Waals surface area contributed by atoms with Crippen LogP contribution in [0.5, 0.6) is 0 Å². The van der Waals surface area contributed by atoms with Gasteiger partial charge in [0.15, 0.2) is 0 Å². The molecule has 4 nitrogen and oxygen atoms in total. The average Bonchev–Trinajstić information content (AvgIpc) is 2.51. The summed E-state index contributed by atoms with van der Waals surface area (Å²) in [4.78, 5) is 12.4. The lowest BCUT2D eigenvalue weighted by Crippen LogP contribution is -2.22. The molecule has 2 N–H and O–H groups in total. The molecule has 0 aliphatic heterocycles. The van der Waals surface area contributed by atoms with Crippen LogP contribution in [-0.2, 0) is 12.5 Å². The normalized spacial score (nSPS) is 11.8. The molecule has 0 bridgehead atoms. The van der Waals surface area contributed by atoms with Crippen molar-refractivity contribution in [2.45, 2.75) is 33.1 Å². The zero-order chi connectivity index (χ0) is 14.4. The first-order valence-corrected chi connectivity index (χ1v) is 6.39. The molecule has 1 aromatic carbocycles. The highest BCUT2D eigenvalue weighted by atomic mass is 16.1. The van der Waals surface area contributed by atoms with Gasteiger partial charge in [-0.25, -0.2) is 4.68 Å². The maximum absolute atomic E-state index is 12.4. The van der Waals surface area contributed by atoms with E-state index in [1.54, 1.807) is 4.68 Å². The Labute approximate surface area is 113 Å². The Morgan fingerprint density at radius 2 is 1.74 bits per heavy atom. The minimum Gasteiger partial charge on any atom is -0.393 e. The van der Waals surface area contributed by atoms with Gasteiger partial charge in [0.1, 0.15) is 5.69 Å². The summed E-state index contributed by atoms with van der Waals surface area (Å²) in [6, 6.07) is 7.81. The van der Waals surface area contributed by atoms with E-state index in [-0.39, 0.29) is 11.0 Å². The molecule has 0 atom stereocenters. The lowest BCUT2D eigenvalue weighted by molar-refractivity contribution is 0.501. The molecule has 0 amide bonds. The minimum absolute atomic E-state index is 0.151. The summed E-state index contributed by atoms with van der Waals surface area (Å²) in [5.41, 5.74) is 8.81. The van der Waals surface area contributed by atoms with Crippen LogP contribution in [0.4, 0.5) is 5.69 Å². The first-order chi connectivity index (χ1) is 8.75. The number of para-hydroxylation sites is 1. The predicted molar refractivity (Wildman–Crippen MR) is 78.9 cm³/mol. The van der Waals surface area contributed by atoms with Gasteiger partial charge >= 0.3 is 0 Å². The zero-order valence-electron chi connectivity index (χ0n) is 12.2. The first kappa shape index (κ1) is 13.5. The van der Waals surface area contributed by atoms with Crippen LogP contribution in [0.2, 0.25) is 0 Å². The summed E-state index contributed by atoms with van der Waals surface area (Å²) < 4.78 is 3.51.